The number of hydrogen-bond acceptors (Lipinski definition) is 3. The number of likely N-dealkylation sites (N-methyl/N-ethyl adjacent to an activating group) is 1. The zero-order valence-electron chi connectivity index (χ0n) is 17.4. The van der Waals surface area contributed by atoms with Crippen molar-refractivity contribution in [2.24, 2.45) is 11.3 Å². The van der Waals surface area contributed by atoms with Crippen molar-refractivity contribution in [3.8, 4) is 0 Å². The Hall–Kier alpha value is -1.83. The number of sulfonamides is 1. The molecule has 2 aromatic carbocycles. The van der Waals surface area contributed by atoms with Gasteiger partial charge in [-0.1, -0.05) is 18.2 Å². The summed E-state index contributed by atoms with van der Waals surface area (Å²) in [6, 6.07) is 11.2. The standard InChI is InChI=1S/C24H26F2N2O2S/c1-28-22-23(28)24(22)11-16-10-21(26)17(12-27-31(29,30)13-14-5-6-14)9-19(16)20(24)8-15-3-2-4-18(25)7-15/h2-4,7,9-10,14,20,22-23,27H,5-6,8,11-13H2,1H3. The molecule has 31 heavy (non-hydrogen) atoms. The van der Waals surface area contributed by atoms with Crippen LogP contribution in [0.4, 0.5) is 8.78 Å². The summed E-state index contributed by atoms with van der Waals surface area (Å²) in [6.45, 7) is -0.0272. The van der Waals surface area contributed by atoms with Gasteiger partial charge in [-0.3, -0.25) is 4.90 Å². The van der Waals surface area contributed by atoms with Crippen molar-refractivity contribution in [1.82, 2.24) is 9.62 Å². The van der Waals surface area contributed by atoms with Crippen LogP contribution in [0, 0.1) is 23.0 Å². The first-order valence-electron chi connectivity index (χ1n) is 11.0. The fourth-order valence-electron chi connectivity index (χ4n) is 6.13. The maximum atomic E-state index is 14.9. The molecular weight excluding hydrogens is 418 g/mol. The second kappa shape index (κ2) is 6.59. The van der Waals surface area contributed by atoms with Crippen LogP contribution in [-0.2, 0) is 29.4 Å². The van der Waals surface area contributed by atoms with Crippen LogP contribution in [0.1, 0.15) is 41.0 Å². The molecule has 0 aromatic heterocycles. The van der Waals surface area contributed by atoms with E-state index in [-0.39, 0.29) is 41.2 Å². The summed E-state index contributed by atoms with van der Waals surface area (Å²) in [6.07, 6.45) is 3.46. The topological polar surface area (TPSA) is 49.2 Å². The van der Waals surface area contributed by atoms with Crippen LogP contribution in [0.2, 0.25) is 0 Å². The predicted molar refractivity (Wildman–Crippen MR) is 114 cm³/mol. The maximum absolute atomic E-state index is 14.9. The van der Waals surface area contributed by atoms with E-state index in [4.69, 9.17) is 0 Å². The lowest BCUT2D eigenvalue weighted by Gasteiger charge is -2.29. The minimum Gasteiger partial charge on any atom is -0.296 e. The van der Waals surface area contributed by atoms with Gasteiger partial charge in [-0.15, -0.1) is 0 Å². The van der Waals surface area contributed by atoms with E-state index in [1.807, 2.05) is 12.1 Å². The van der Waals surface area contributed by atoms with E-state index in [1.54, 1.807) is 18.2 Å². The summed E-state index contributed by atoms with van der Waals surface area (Å²) in [5.41, 5.74) is 3.57. The van der Waals surface area contributed by atoms with Gasteiger partial charge in [0.15, 0.2) is 0 Å². The van der Waals surface area contributed by atoms with Gasteiger partial charge in [0.2, 0.25) is 10.0 Å². The Balaban J connectivity index is 1.29. The highest BCUT2D eigenvalue weighted by molar-refractivity contribution is 7.89. The van der Waals surface area contributed by atoms with Crippen molar-refractivity contribution >= 4 is 10.0 Å². The van der Waals surface area contributed by atoms with Crippen molar-refractivity contribution < 1.29 is 17.2 Å². The number of nitrogens with zero attached hydrogens (tertiary/aromatic N) is 1. The molecule has 1 aliphatic heterocycles. The molecule has 4 nitrogen and oxygen atoms in total. The Labute approximate surface area is 181 Å². The lowest BCUT2D eigenvalue weighted by Crippen LogP contribution is -2.31. The van der Waals surface area contributed by atoms with Gasteiger partial charge in [-0.2, -0.15) is 0 Å². The Morgan fingerprint density at radius 2 is 1.94 bits per heavy atom. The molecule has 4 aliphatic rings. The molecule has 1 saturated heterocycles. The Morgan fingerprint density at radius 1 is 1.16 bits per heavy atom. The molecule has 6 rings (SSSR count). The Bertz CT molecular complexity index is 1170. The van der Waals surface area contributed by atoms with E-state index in [0.29, 0.717) is 24.1 Å². The molecule has 7 heteroatoms. The number of likely N-dealkylation sites (tertiary alicyclic amines) is 1. The minimum absolute atomic E-state index is 0.0272. The second-order valence-electron chi connectivity index (χ2n) is 9.92. The minimum atomic E-state index is -3.40. The summed E-state index contributed by atoms with van der Waals surface area (Å²) in [7, 11) is -1.28. The van der Waals surface area contributed by atoms with Gasteiger partial charge < -0.3 is 0 Å². The SMILES string of the molecule is CN1C2C1C21Cc2cc(F)c(CNS(=O)(=O)CC3CC3)cc2C1Cc1cccc(F)c1. The molecule has 2 aromatic rings. The van der Waals surface area contributed by atoms with Crippen LogP contribution >= 0.6 is 0 Å². The average Bonchev–Trinajstić information content (AvgIpc) is 3.64. The third-order valence-corrected chi connectivity index (χ3v) is 9.37. The van der Waals surface area contributed by atoms with E-state index >= 15 is 0 Å². The van der Waals surface area contributed by atoms with E-state index in [9.17, 15) is 17.2 Å². The van der Waals surface area contributed by atoms with Crippen LogP contribution < -0.4 is 4.72 Å². The number of nitrogens with one attached hydrogen (secondary N) is 1. The Morgan fingerprint density at radius 3 is 2.61 bits per heavy atom. The highest BCUT2D eigenvalue weighted by atomic mass is 32.2. The lowest BCUT2D eigenvalue weighted by atomic mass is 9.81. The van der Waals surface area contributed by atoms with Crippen LogP contribution in [0.3, 0.4) is 0 Å². The fourth-order valence-corrected chi connectivity index (χ4v) is 7.58. The molecule has 1 spiro atoms. The molecule has 0 bridgehead atoms. The van der Waals surface area contributed by atoms with Crippen molar-refractivity contribution in [2.75, 3.05) is 12.8 Å². The molecule has 0 amide bonds. The molecule has 3 aliphatic carbocycles. The van der Waals surface area contributed by atoms with Crippen molar-refractivity contribution in [3.05, 3.63) is 70.3 Å². The third kappa shape index (κ3) is 3.24. The zero-order chi connectivity index (χ0) is 21.5. The average molecular weight is 445 g/mol. The number of benzene rings is 2. The highest BCUT2D eigenvalue weighted by Crippen LogP contribution is 2.76. The summed E-state index contributed by atoms with van der Waals surface area (Å²) in [5, 5.41) is 0. The van der Waals surface area contributed by atoms with Gasteiger partial charge in [-0.25, -0.2) is 21.9 Å². The number of rotatable bonds is 7. The monoisotopic (exact) mass is 444 g/mol. The summed E-state index contributed by atoms with van der Waals surface area (Å²) in [5.74, 6) is -0.0280. The van der Waals surface area contributed by atoms with Crippen LogP contribution in [0.5, 0.6) is 0 Å². The molecule has 3 unspecified atom stereocenters. The molecule has 164 valence electrons. The summed E-state index contributed by atoms with van der Waals surface area (Å²) < 4.78 is 55.8. The Kier molecular flexibility index (Phi) is 4.22. The van der Waals surface area contributed by atoms with Crippen molar-refractivity contribution in [1.29, 1.82) is 0 Å². The van der Waals surface area contributed by atoms with Gasteiger partial charge >= 0.3 is 0 Å². The van der Waals surface area contributed by atoms with Crippen LogP contribution in [-0.4, -0.2) is 38.2 Å². The maximum Gasteiger partial charge on any atom is 0.212 e. The van der Waals surface area contributed by atoms with Gasteiger partial charge in [0.1, 0.15) is 11.6 Å². The lowest BCUT2D eigenvalue weighted by molar-refractivity contribution is 0.226. The predicted octanol–water partition coefficient (Wildman–Crippen LogP) is 3.36. The third-order valence-electron chi connectivity index (χ3n) is 7.87. The molecule has 1 N–H and O–H groups in total. The second-order valence-corrected chi connectivity index (χ2v) is 11.8. The summed E-state index contributed by atoms with van der Waals surface area (Å²) >= 11 is 0. The number of hydrogen-bond donors (Lipinski definition) is 1. The highest BCUT2D eigenvalue weighted by Gasteiger charge is 2.84. The quantitative estimate of drug-likeness (QED) is 0.667. The number of halogens is 2. The van der Waals surface area contributed by atoms with Crippen molar-refractivity contribution in [3.63, 3.8) is 0 Å². The molecule has 3 fully saturated rings. The van der Waals surface area contributed by atoms with Gasteiger partial charge in [-0.05, 0) is 79.5 Å². The molecular formula is C24H26F2N2O2S. The first kappa shape index (κ1) is 19.8. The fraction of sp³-hybridized carbons (Fsp3) is 0.500. The molecule has 0 radical (unpaired) electrons. The largest absolute Gasteiger partial charge is 0.296 e. The zero-order valence-corrected chi connectivity index (χ0v) is 18.3. The van der Waals surface area contributed by atoms with Gasteiger partial charge in [0.25, 0.3) is 0 Å². The van der Waals surface area contributed by atoms with E-state index < -0.39 is 10.0 Å². The normalized spacial score (nSPS) is 32.7. The smallest absolute Gasteiger partial charge is 0.212 e. The summed E-state index contributed by atoms with van der Waals surface area (Å²) in [4.78, 5) is 2.34. The van der Waals surface area contributed by atoms with Crippen LogP contribution in [0.25, 0.3) is 0 Å². The van der Waals surface area contributed by atoms with E-state index in [2.05, 4.69) is 16.7 Å². The van der Waals surface area contributed by atoms with E-state index in [0.717, 1.165) is 36.0 Å². The van der Waals surface area contributed by atoms with Crippen molar-refractivity contribution in [2.45, 2.75) is 50.2 Å². The van der Waals surface area contributed by atoms with Gasteiger partial charge in [0, 0.05) is 29.6 Å². The van der Waals surface area contributed by atoms with E-state index in [1.165, 1.54) is 6.07 Å². The molecule has 1 heterocycles. The first-order valence-corrected chi connectivity index (χ1v) is 12.7. The van der Waals surface area contributed by atoms with Crippen LogP contribution in [0.15, 0.2) is 36.4 Å². The number of fused-ring (bicyclic) bond motifs is 4. The van der Waals surface area contributed by atoms with Gasteiger partial charge in [0.05, 0.1) is 5.75 Å². The first-order chi connectivity index (χ1) is 14.8. The molecule has 2 saturated carbocycles. The molecule has 3 atom stereocenters.